The first-order valence-electron chi connectivity index (χ1n) is 5.58. The molecule has 0 spiro atoms. The lowest BCUT2D eigenvalue weighted by atomic mass is 10.2. The standard InChI is InChI=1S/C13H14Br2N2S/c1-8-11(15)6-13(18-8)12(7-16)17-10-4-2-3-9(14)5-10/h2-6,12,17H,7,16H2,1H3. The van der Waals surface area contributed by atoms with Crippen molar-refractivity contribution in [2.24, 2.45) is 5.73 Å². The van der Waals surface area contributed by atoms with Crippen molar-refractivity contribution in [1.82, 2.24) is 0 Å². The van der Waals surface area contributed by atoms with Gasteiger partial charge in [-0.1, -0.05) is 22.0 Å². The van der Waals surface area contributed by atoms with Crippen LogP contribution in [0.5, 0.6) is 0 Å². The van der Waals surface area contributed by atoms with Crippen LogP contribution in [0.2, 0.25) is 0 Å². The number of aryl methyl sites for hydroxylation is 1. The molecule has 0 bridgehead atoms. The maximum atomic E-state index is 5.87. The summed E-state index contributed by atoms with van der Waals surface area (Å²) in [7, 11) is 0. The second kappa shape index (κ2) is 6.19. The monoisotopic (exact) mass is 388 g/mol. The van der Waals surface area contributed by atoms with E-state index in [0.717, 1.165) is 14.6 Å². The van der Waals surface area contributed by atoms with Gasteiger partial charge in [0.25, 0.3) is 0 Å². The average Bonchev–Trinajstić information content (AvgIpc) is 2.66. The first-order chi connectivity index (χ1) is 8.60. The van der Waals surface area contributed by atoms with E-state index in [4.69, 9.17) is 5.73 Å². The van der Waals surface area contributed by atoms with E-state index in [1.165, 1.54) is 9.75 Å². The summed E-state index contributed by atoms with van der Waals surface area (Å²) in [6.07, 6.45) is 0. The van der Waals surface area contributed by atoms with E-state index in [1.54, 1.807) is 11.3 Å². The number of halogens is 2. The summed E-state index contributed by atoms with van der Waals surface area (Å²) in [6.45, 7) is 2.67. The highest BCUT2D eigenvalue weighted by Gasteiger charge is 2.13. The number of nitrogens with one attached hydrogen (secondary N) is 1. The van der Waals surface area contributed by atoms with Crippen LogP contribution in [-0.4, -0.2) is 6.54 Å². The van der Waals surface area contributed by atoms with Crippen molar-refractivity contribution in [3.8, 4) is 0 Å². The third-order valence-electron chi connectivity index (χ3n) is 2.62. The molecule has 0 aliphatic rings. The van der Waals surface area contributed by atoms with Crippen LogP contribution in [0.4, 0.5) is 5.69 Å². The molecule has 18 heavy (non-hydrogen) atoms. The summed E-state index contributed by atoms with van der Waals surface area (Å²) < 4.78 is 2.21. The van der Waals surface area contributed by atoms with Gasteiger partial charge in [-0.3, -0.25) is 0 Å². The first-order valence-corrected chi connectivity index (χ1v) is 7.98. The van der Waals surface area contributed by atoms with E-state index in [2.05, 4.69) is 56.2 Å². The van der Waals surface area contributed by atoms with Crippen LogP contribution in [0.25, 0.3) is 0 Å². The molecule has 1 aromatic carbocycles. The quantitative estimate of drug-likeness (QED) is 0.795. The van der Waals surface area contributed by atoms with Crippen molar-refractivity contribution in [3.63, 3.8) is 0 Å². The maximum Gasteiger partial charge on any atom is 0.0729 e. The van der Waals surface area contributed by atoms with Crippen LogP contribution in [-0.2, 0) is 0 Å². The molecule has 5 heteroatoms. The lowest BCUT2D eigenvalue weighted by Gasteiger charge is -2.16. The van der Waals surface area contributed by atoms with Gasteiger partial charge in [-0.15, -0.1) is 11.3 Å². The Kier molecular flexibility index (Phi) is 4.84. The maximum absolute atomic E-state index is 5.87. The third kappa shape index (κ3) is 3.35. The molecule has 1 heterocycles. The summed E-state index contributed by atoms with van der Waals surface area (Å²) in [5, 5.41) is 3.46. The number of thiophene rings is 1. The fourth-order valence-electron chi connectivity index (χ4n) is 1.68. The van der Waals surface area contributed by atoms with Crippen molar-refractivity contribution in [2.45, 2.75) is 13.0 Å². The fraction of sp³-hybridized carbons (Fsp3) is 0.231. The second-order valence-corrected chi connectivity index (χ2v) is 7.05. The molecule has 96 valence electrons. The number of hydrogen-bond acceptors (Lipinski definition) is 3. The molecule has 0 radical (unpaired) electrons. The molecule has 2 rings (SSSR count). The Bertz CT molecular complexity index is 520. The predicted octanol–water partition coefficient (Wildman–Crippen LogP) is 4.69. The Balaban J connectivity index is 2.19. The smallest absolute Gasteiger partial charge is 0.0729 e. The van der Waals surface area contributed by atoms with Crippen LogP contribution in [0.15, 0.2) is 39.3 Å². The molecule has 3 N–H and O–H groups in total. The van der Waals surface area contributed by atoms with Crippen LogP contribution in [0, 0.1) is 6.92 Å². The molecule has 2 nitrogen and oxygen atoms in total. The molecule has 2 aromatic rings. The zero-order valence-electron chi connectivity index (χ0n) is 9.91. The van der Waals surface area contributed by atoms with Gasteiger partial charge in [-0.2, -0.15) is 0 Å². The number of rotatable bonds is 4. The second-order valence-electron chi connectivity index (χ2n) is 4.00. The van der Waals surface area contributed by atoms with E-state index in [0.29, 0.717) is 6.54 Å². The van der Waals surface area contributed by atoms with E-state index in [9.17, 15) is 0 Å². The van der Waals surface area contributed by atoms with Crippen molar-refractivity contribution < 1.29 is 0 Å². The molecule has 0 aliphatic carbocycles. The molecular weight excluding hydrogens is 376 g/mol. The Morgan fingerprint density at radius 2 is 2.11 bits per heavy atom. The Labute approximate surface area is 128 Å². The zero-order chi connectivity index (χ0) is 13.1. The van der Waals surface area contributed by atoms with Crippen molar-refractivity contribution in [3.05, 3.63) is 49.0 Å². The number of anilines is 1. The highest BCUT2D eigenvalue weighted by Crippen LogP contribution is 2.32. The van der Waals surface area contributed by atoms with E-state index in [1.807, 2.05) is 18.2 Å². The van der Waals surface area contributed by atoms with Gasteiger partial charge in [0.05, 0.1) is 6.04 Å². The molecule has 1 atom stereocenters. The molecule has 0 amide bonds. The minimum atomic E-state index is 0.147. The Hall–Kier alpha value is -0.360. The predicted molar refractivity (Wildman–Crippen MR) is 86.3 cm³/mol. The summed E-state index contributed by atoms with van der Waals surface area (Å²) in [6, 6.07) is 10.4. The van der Waals surface area contributed by atoms with E-state index >= 15 is 0 Å². The third-order valence-corrected chi connectivity index (χ3v) is 5.36. The number of nitrogens with two attached hydrogens (primary N) is 1. The summed E-state index contributed by atoms with van der Waals surface area (Å²) in [5.74, 6) is 0. The Morgan fingerprint density at radius 1 is 1.33 bits per heavy atom. The summed E-state index contributed by atoms with van der Waals surface area (Å²) in [4.78, 5) is 2.53. The first kappa shape index (κ1) is 14.1. The molecule has 0 fully saturated rings. The van der Waals surface area contributed by atoms with E-state index in [-0.39, 0.29) is 6.04 Å². The van der Waals surface area contributed by atoms with Crippen molar-refractivity contribution in [1.29, 1.82) is 0 Å². The van der Waals surface area contributed by atoms with Gasteiger partial charge in [0.2, 0.25) is 0 Å². The molecule has 0 saturated heterocycles. The minimum Gasteiger partial charge on any atom is -0.376 e. The highest BCUT2D eigenvalue weighted by molar-refractivity contribution is 9.10. The molecule has 1 aromatic heterocycles. The van der Waals surface area contributed by atoms with Gasteiger partial charge in [-0.05, 0) is 47.1 Å². The van der Waals surface area contributed by atoms with Gasteiger partial charge in [-0.25, -0.2) is 0 Å². The van der Waals surface area contributed by atoms with Gasteiger partial charge < -0.3 is 11.1 Å². The van der Waals surface area contributed by atoms with Crippen molar-refractivity contribution >= 4 is 48.9 Å². The lowest BCUT2D eigenvalue weighted by Crippen LogP contribution is -2.19. The zero-order valence-corrected chi connectivity index (χ0v) is 13.9. The van der Waals surface area contributed by atoms with Crippen LogP contribution in [0.3, 0.4) is 0 Å². The van der Waals surface area contributed by atoms with Crippen molar-refractivity contribution in [2.75, 3.05) is 11.9 Å². The fourth-order valence-corrected chi connectivity index (χ4v) is 3.70. The van der Waals surface area contributed by atoms with E-state index < -0.39 is 0 Å². The molecule has 1 unspecified atom stereocenters. The van der Waals surface area contributed by atoms with Gasteiger partial charge in [0, 0.05) is 30.9 Å². The number of hydrogen-bond donors (Lipinski definition) is 2. The molecule has 0 saturated carbocycles. The SMILES string of the molecule is Cc1sc(C(CN)Nc2cccc(Br)c2)cc1Br. The number of benzene rings is 1. The van der Waals surface area contributed by atoms with Gasteiger partial charge >= 0.3 is 0 Å². The normalized spacial score (nSPS) is 12.4. The topological polar surface area (TPSA) is 38.0 Å². The molecule has 0 aliphatic heterocycles. The Morgan fingerprint density at radius 3 is 2.67 bits per heavy atom. The van der Waals surface area contributed by atoms with Crippen LogP contribution in [0.1, 0.15) is 15.8 Å². The molecular formula is C13H14Br2N2S. The van der Waals surface area contributed by atoms with Gasteiger partial charge in [0.1, 0.15) is 0 Å². The lowest BCUT2D eigenvalue weighted by molar-refractivity contribution is 0.805. The van der Waals surface area contributed by atoms with Crippen LogP contribution >= 0.6 is 43.2 Å². The summed E-state index contributed by atoms with van der Waals surface area (Å²) >= 11 is 8.78. The van der Waals surface area contributed by atoms with Gasteiger partial charge in [0.15, 0.2) is 0 Å². The van der Waals surface area contributed by atoms with Crippen LogP contribution < -0.4 is 11.1 Å². The largest absolute Gasteiger partial charge is 0.376 e. The average molecular weight is 390 g/mol. The highest BCUT2D eigenvalue weighted by atomic mass is 79.9. The minimum absolute atomic E-state index is 0.147. The summed E-state index contributed by atoms with van der Waals surface area (Å²) in [5.41, 5.74) is 6.94.